The number of hydrogen-bond donors (Lipinski definition) is 3. The Morgan fingerprint density at radius 3 is 2.19 bits per heavy atom. The second kappa shape index (κ2) is 7.87. The zero-order chi connectivity index (χ0) is 19.3. The highest BCUT2D eigenvalue weighted by atomic mass is 32.2. The lowest BCUT2D eigenvalue weighted by molar-refractivity contribution is -0.115. The van der Waals surface area contributed by atoms with Gasteiger partial charge in [0.15, 0.2) is 0 Å². The third kappa shape index (κ3) is 4.96. The monoisotopic (exact) mass is 377 g/mol. The highest BCUT2D eigenvalue weighted by Crippen LogP contribution is 2.29. The van der Waals surface area contributed by atoms with Gasteiger partial charge in [0.05, 0.1) is 23.4 Å². The SMILES string of the molecule is COc1cc(S(=O)(=O)Nc2cccc(NC(C)=O)c2)ccc1NC(C)=O. The Bertz CT molecular complexity index is 941. The van der Waals surface area contributed by atoms with Crippen LogP contribution in [0.3, 0.4) is 0 Å². The maximum absolute atomic E-state index is 12.6. The van der Waals surface area contributed by atoms with Gasteiger partial charge in [-0.25, -0.2) is 8.42 Å². The number of methoxy groups -OCH3 is 1. The minimum atomic E-state index is -3.89. The highest BCUT2D eigenvalue weighted by Gasteiger charge is 2.17. The first-order valence-corrected chi connectivity index (χ1v) is 9.05. The van der Waals surface area contributed by atoms with Gasteiger partial charge in [-0.15, -0.1) is 0 Å². The van der Waals surface area contributed by atoms with E-state index in [9.17, 15) is 18.0 Å². The Morgan fingerprint density at radius 1 is 0.923 bits per heavy atom. The van der Waals surface area contributed by atoms with Crippen molar-refractivity contribution >= 4 is 38.9 Å². The first kappa shape index (κ1) is 19.3. The molecule has 9 heteroatoms. The standard InChI is InChI=1S/C17H19N3O5S/c1-11(21)18-13-5-4-6-14(9-13)20-26(23,24)15-7-8-16(19-12(2)22)17(10-15)25-3/h4-10,20H,1-3H3,(H,18,21)(H,19,22). The fourth-order valence-corrected chi connectivity index (χ4v) is 3.27. The van der Waals surface area contributed by atoms with Crippen molar-refractivity contribution in [2.75, 3.05) is 22.5 Å². The molecule has 2 amide bonds. The zero-order valence-electron chi connectivity index (χ0n) is 14.5. The van der Waals surface area contributed by atoms with E-state index in [1.165, 1.54) is 45.2 Å². The molecule has 2 aromatic carbocycles. The number of carbonyl (C=O) groups excluding carboxylic acids is 2. The molecule has 0 saturated carbocycles. The third-order valence-corrected chi connectivity index (χ3v) is 4.61. The molecule has 0 heterocycles. The van der Waals surface area contributed by atoms with Crippen LogP contribution in [-0.2, 0) is 19.6 Å². The zero-order valence-corrected chi connectivity index (χ0v) is 15.3. The lowest BCUT2D eigenvalue weighted by Gasteiger charge is -2.13. The number of sulfonamides is 1. The van der Waals surface area contributed by atoms with Crippen LogP contribution in [0.15, 0.2) is 47.4 Å². The molecule has 0 radical (unpaired) electrons. The van der Waals surface area contributed by atoms with Crippen molar-refractivity contribution in [1.29, 1.82) is 0 Å². The molecule has 138 valence electrons. The smallest absolute Gasteiger partial charge is 0.262 e. The van der Waals surface area contributed by atoms with Gasteiger partial charge in [-0.1, -0.05) is 6.07 Å². The molecule has 26 heavy (non-hydrogen) atoms. The minimum Gasteiger partial charge on any atom is -0.495 e. The molecule has 0 spiro atoms. The van der Waals surface area contributed by atoms with E-state index in [1.807, 2.05) is 0 Å². The molecule has 2 rings (SSSR count). The van der Waals surface area contributed by atoms with Gasteiger partial charge in [0.2, 0.25) is 11.8 Å². The van der Waals surface area contributed by atoms with E-state index in [0.717, 1.165) is 0 Å². The van der Waals surface area contributed by atoms with Crippen molar-refractivity contribution in [3.8, 4) is 5.75 Å². The predicted molar refractivity (Wildman–Crippen MR) is 98.9 cm³/mol. The van der Waals surface area contributed by atoms with Crippen LogP contribution in [0.25, 0.3) is 0 Å². The Balaban J connectivity index is 2.30. The number of nitrogens with one attached hydrogen (secondary N) is 3. The molecule has 0 aliphatic heterocycles. The van der Waals surface area contributed by atoms with E-state index in [2.05, 4.69) is 15.4 Å². The third-order valence-electron chi connectivity index (χ3n) is 3.23. The topological polar surface area (TPSA) is 114 Å². The van der Waals surface area contributed by atoms with Gasteiger partial charge in [0.25, 0.3) is 10.0 Å². The normalized spacial score (nSPS) is 10.7. The van der Waals surface area contributed by atoms with Gasteiger partial charge in [-0.2, -0.15) is 0 Å². The molecule has 8 nitrogen and oxygen atoms in total. The van der Waals surface area contributed by atoms with Crippen LogP contribution in [0.5, 0.6) is 5.75 Å². The van der Waals surface area contributed by atoms with Gasteiger partial charge in [-0.05, 0) is 30.3 Å². The van der Waals surface area contributed by atoms with Crippen molar-refractivity contribution in [2.24, 2.45) is 0 Å². The van der Waals surface area contributed by atoms with Crippen LogP contribution in [0.2, 0.25) is 0 Å². The molecular formula is C17H19N3O5S. The number of rotatable bonds is 6. The summed E-state index contributed by atoms with van der Waals surface area (Å²) in [6, 6.07) is 10.4. The van der Waals surface area contributed by atoms with Crippen LogP contribution in [0, 0.1) is 0 Å². The second-order valence-electron chi connectivity index (χ2n) is 5.41. The average molecular weight is 377 g/mol. The summed E-state index contributed by atoms with van der Waals surface area (Å²) in [6.07, 6.45) is 0. The Labute approximate surface area is 151 Å². The van der Waals surface area contributed by atoms with E-state index < -0.39 is 10.0 Å². The first-order chi connectivity index (χ1) is 12.2. The van der Waals surface area contributed by atoms with E-state index >= 15 is 0 Å². The first-order valence-electron chi connectivity index (χ1n) is 7.57. The summed E-state index contributed by atoms with van der Waals surface area (Å²) in [5.74, 6) is -0.342. The van der Waals surface area contributed by atoms with E-state index in [-0.39, 0.29) is 22.5 Å². The number of carbonyl (C=O) groups is 2. The molecular weight excluding hydrogens is 358 g/mol. The molecule has 3 N–H and O–H groups in total. The molecule has 0 saturated heterocycles. The molecule has 0 atom stereocenters. The van der Waals surface area contributed by atoms with Crippen LogP contribution in [0.1, 0.15) is 13.8 Å². The molecule has 0 bridgehead atoms. The van der Waals surface area contributed by atoms with Gasteiger partial charge >= 0.3 is 0 Å². The summed E-state index contributed by atoms with van der Waals surface area (Å²) in [7, 11) is -2.52. The number of amides is 2. The molecule has 0 unspecified atom stereocenters. The summed E-state index contributed by atoms with van der Waals surface area (Å²) in [6.45, 7) is 2.70. The molecule has 0 aliphatic rings. The van der Waals surface area contributed by atoms with Crippen molar-refractivity contribution in [3.63, 3.8) is 0 Å². The molecule has 2 aromatic rings. The molecule has 0 aromatic heterocycles. The Hall–Kier alpha value is -3.07. The van der Waals surface area contributed by atoms with E-state index in [1.54, 1.807) is 18.2 Å². The second-order valence-corrected chi connectivity index (χ2v) is 7.09. The summed E-state index contributed by atoms with van der Waals surface area (Å²) < 4.78 is 32.8. The van der Waals surface area contributed by atoms with E-state index in [4.69, 9.17) is 4.74 Å². The predicted octanol–water partition coefficient (Wildman–Crippen LogP) is 2.41. The summed E-state index contributed by atoms with van der Waals surface area (Å²) in [4.78, 5) is 22.3. The summed E-state index contributed by atoms with van der Waals surface area (Å²) in [5, 5.41) is 5.14. The van der Waals surface area contributed by atoms with Crippen LogP contribution < -0.4 is 20.1 Å². The van der Waals surface area contributed by atoms with Crippen LogP contribution >= 0.6 is 0 Å². The van der Waals surface area contributed by atoms with E-state index in [0.29, 0.717) is 17.1 Å². The number of hydrogen-bond acceptors (Lipinski definition) is 5. The quantitative estimate of drug-likeness (QED) is 0.715. The summed E-state index contributed by atoms with van der Waals surface area (Å²) in [5.41, 5.74) is 1.13. The average Bonchev–Trinajstić information content (AvgIpc) is 2.53. The summed E-state index contributed by atoms with van der Waals surface area (Å²) >= 11 is 0. The molecule has 0 fully saturated rings. The highest BCUT2D eigenvalue weighted by molar-refractivity contribution is 7.92. The fraction of sp³-hybridized carbons (Fsp3) is 0.176. The number of ether oxygens (including phenoxy) is 1. The van der Waals surface area contributed by atoms with Gasteiger partial charge in [0.1, 0.15) is 5.75 Å². The minimum absolute atomic E-state index is 0.0339. The maximum atomic E-state index is 12.6. The van der Waals surface area contributed by atoms with Crippen molar-refractivity contribution < 1.29 is 22.7 Å². The van der Waals surface area contributed by atoms with Crippen molar-refractivity contribution in [1.82, 2.24) is 0 Å². The Morgan fingerprint density at radius 2 is 1.58 bits per heavy atom. The van der Waals surface area contributed by atoms with Crippen LogP contribution in [-0.4, -0.2) is 27.3 Å². The fourth-order valence-electron chi connectivity index (χ4n) is 2.21. The van der Waals surface area contributed by atoms with Crippen LogP contribution in [0.4, 0.5) is 17.1 Å². The van der Waals surface area contributed by atoms with Gasteiger partial charge < -0.3 is 15.4 Å². The Kier molecular flexibility index (Phi) is 5.83. The number of anilines is 3. The van der Waals surface area contributed by atoms with Crippen molar-refractivity contribution in [2.45, 2.75) is 18.7 Å². The van der Waals surface area contributed by atoms with Gasteiger partial charge in [-0.3, -0.25) is 14.3 Å². The van der Waals surface area contributed by atoms with Gasteiger partial charge in [0, 0.05) is 25.6 Å². The lowest BCUT2D eigenvalue weighted by Crippen LogP contribution is -2.14. The lowest BCUT2D eigenvalue weighted by atomic mass is 10.3. The van der Waals surface area contributed by atoms with Crippen molar-refractivity contribution in [3.05, 3.63) is 42.5 Å². The number of benzene rings is 2. The largest absolute Gasteiger partial charge is 0.495 e. The maximum Gasteiger partial charge on any atom is 0.262 e. The molecule has 0 aliphatic carbocycles.